The van der Waals surface area contributed by atoms with Crippen molar-refractivity contribution in [1.29, 1.82) is 0 Å². The van der Waals surface area contributed by atoms with Crippen LogP contribution in [0, 0.1) is 0 Å². The number of hydrogen-bond acceptors (Lipinski definition) is 3. The van der Waals surface area contributed by atoms with Crippen molar-refractivity contribution in [2.75, 3.05) is 0 Å². The minimum atomic E-state index is -2.30. The van der Waals surface area contributed by atoms with Crippen molar-refractivity contribution in [3.8, 4) is 0 Å². The van der Waals surface area contributed by atoms with E-state index < -0.39 is 6.04 Å². The van der Waals surface area contributed by atoms with Gasteiger partial charge in [-0.25, -0.2) is 4.98 Å². The summed E-state index contributed by atoms with van der Waals surface area (Å²) >= 11 is 6.54. The lowest BCUT2D eigenvalue weighted by Crippen LogP contribution is -2.25. The molecule has 4 aromatic carbocycles. The molecule has 0 amide bonds. The average molecular weight is 486 g/mol. The van der Waals surface area contributed by atoms with E-state index in [0.29, 0.717) is 0 Å². The van der Waals surface area contributed by atoms with Gasteiger partial charge in [-0.3, -0.25) is 9.38 Å². The molecule has 0 aliphatic rings. The molecular formula is C30H20N3PS. The van der Waals surface area contributed by atoms with E-state index in [1.54, 1.807) is 6.20 Å². The lowest BCUT2D eigenvalue weighted by Gasteiger charge is -2.23. The maximum Gasteiger partial charge on any atom is 0.146 e. The molecule has 166 valence electrons. The highest BCUT2D eigenvalue weighted by Gasteiger charge is 2.26. The van der Waals surface area contributed by atoms with Crippen molar-refractivity contribution in [3.05, 3.63) is 122 Å². The third-order valence-electron chi connectivity index (χ3n) is 6.73. The van der Waals surface area contributed by atoms with E-state index in [4.69, 9.17) is 16.8 Å². The number of pyridine rings is 2. The number of fused-ring (bicyclic) bond motifs is 8. The topological polar surface area (TPSA) is 30.2 Å². The van der Waals surface area contributed by atoms with Crippen LogP contribution in [-0.4, -0.2) is 14.4 Å². The number of aromatic nitrogens is 3. The minimum absolute atomic E-state index is 0.957. The number of nitrogens with zero attached hydrogens (tertiary/aromatic N) is 3. The number of para-hydroxylation sites is 1. The van der Waals surface area contributed by atoms with Crippen LogP contribution in [0.2, 0.25) is 0 Å². The second-order valence-corrected chi connectivity index (χ2v) is 13.1. The van der Waals surface area contributed by atoms with Crippen molar-refractivity contribution in [2.24, 2.45) is 0 Å². The first-order valence-corrected chi connectivity index (χ1v) is 14.3. The summed E-state index contributed by atoms with van der Waals surface area (Å²) in [7, 11) is 0. The van der Waals surface area contributed by atoms with Crippen molar-refractivity contribution < 1.29 is 0 Å². The van der Waals surface area contributed by atoms with Gasteiger partial charge in [0.05, 0.1) is 16.6 Å². The third kappa shape index (κ3) is 3.01. The lowest BCUT2D eigenvalue weighted by atomic mass is 10.1. The van der Waals surface area contributed by atoms with Crippen molar-refractivity contribution in [2.45, 2.75) is 0 Å². The summed E-state index contributed by atoms with van der Waals surface area (Å²) in [6.45, 7) is 0. The van der Waals surface area contributed by atoms with Crippen LogP contribution >= 0.6 is 6.04 Å². The van der Waals surface area contributed by atoms with Gasteiger partial charge in [0.1, 0.15) is 5.65 Å². The van der Waals surface area contributed by atoms with Crippen LogP contribution in [0.1, 0.15) is 0 Å². The average Bonchev–Trinajstić information content (AvgIpc) is 3.33. The Balaban J connectivity index is 1.58. The molecule has 0 spiro atoms. The highest BCUT2D eigenvalue weighted by atomic mass is 32.4. The van der Waals surface area contributed by atoms with Gasteiger partial charge in [-0.05, 0) is 40.3 Å². The quantitative estimate of drug-likeness (QED) is 0.229. The van der Waals surface area contributed by atoms with E-state index in [0.717, 1.165) is 43.5 Å². The van der Waals surface area contributed by atoms with Crippen molar-refractivity contribution >= 4 is 72.1 Å². The Hall–Kier alpha value is -3.85. The monoisotopic (exact) mass is 485 g/mol. The molecule has 0 aliphatic heterocycles. The number of hydrogen-bond donors (Lipinski definition) is 0. The fourth-order valence-corrected chi connectivity index (χ4v) is 8.75. The zero-order valence-corrected chi connectivity index (χ0v) is 20.5. The zero-order chi connectivity index (χ0) is 23.4. The van der Waals surface area contributed by atoms with Gasteiger partial charge in [0.2, 0.25) is 0 Å². The second kappa shape index (κ2) is 7.84. The molecule has 35 heavy (non-hydrogen) atoms. The fourth-order valence-electron chi connectivity index (χ4n) is 5.12. The summed E-state index contributed by atoms with van der Waals surface area (Å²) in [5.74, 6) is 0. The van der Waals surface area contributed by atoms with Gasteiger partial charge in [-0.2, -0.15) is 0 Å². The fraction of sp³-hybridized carbons (Fsp3) is 0. The zero-order valence-electron chi connectivity index (χ0n) is 18.7. The van der Waals surface area contributed by atoms with Gasteiger partial charge in [0.15, 0.2) is 0 Å². The summed E-state index contributed by atoms with van der Waals surface area (Å²) in [5, 5.41) is 6.96. The van der Waals surface area contributed by atoms with E-state index in [1.807, 2.05) is 18.3 Å². The van der Waals surface area contributed by atoms with Gasteiger partial charge in [-0.1, -0.05) is 96.7 Å². The van der Waals surface area contributed by atoms with Crippen LogP contribution < -0.4 is 15.9 Å². The van der Waals surface area contributed by atoms with E-state index in [9.17, 15) is 0 Å². The molecule has 0 radical (unpaired) electrons. The Labute approximate surface area is 207 Å². The van der Waals surface area contributed by atoms with Crippen LogP contribution in [0.5, 0.6) is 0 Å². The molecule has 0 aliphatic carbocycles. The Bertz CT molecular complexity index is 1880. The molecule has 0 fully saturated rings. The Morgan fingerprint density at radius 2 is 1.31 bits per heavy atom. The predicted molar refractivity (Wildman–Crippen MR) is 152 cm³/mol. The summed E-state index contributed by atoms with van der Waals surface area (Å²) < 4.78 is 2.28. The summed E-state index contributed by atoms with van der Waals surface area (Å²) in [4.78, 5) is 9.58. The van der Waals surface area contributed by atoms with Gasteiger partial charge >= 0.3 is 0 Å². The van der Waals surface area contributed by atoms with Gasteiger partial charge in [-0.15, -0.1) is 0 Å². The number of imidazole rings is 1. The Morgan fingerprint density at radius 3 is 2.11 bits per heavy atom. The van der Waals surface area contributed by atoms with Crippen LogP contribution in [0.3, 0.4) is 0 Å². The van der Waals surface area contributed by atoms with Crippen LogP contribution in [0.25, 0.3) is 38.4 Å². The van der Waals surface area contributed by atoms with Crippen molar-refractivity contribution in [3.63, 3.8) is 0 Å². The second-order valence-electron chi connectivity index (χ2n) is 8.66. The molecule has 7 aromatic rings. The molecule has 0 saturated carbocycles. The van der Waals surface area contributed by atoms with E-state index in [2.05, 4.69) is 106 Å². The van der Waals surface area contributed by atoms with Crippen LogP contribution in [-0.2, 0) is 11.8 Å². The predicted octanol–water partition coefficient (Wildman–Crippen LogP) is 5.94. The molecule has 0 saturated heterocycles. The third-order valence-corrected chi connectivity index (χ3v) is 11.7. The van der Waals surface area contributed by atoms with E-state index in [-0.39, 0.29) is 0 Å². The van der Waals surface area contributed by atoms with E-state index in [1.165, 1.54) is 10.8 Å². The van der Waals surface area contributed by atoms with Gasteiger partial charge in [0, 0.05) is 34.5 Å². The molecular weight excluding hydrogens is 465 g/mol. The molecule has 3 aromatic heterocycles. The molecule has 0 bridgehead atoms. The Kier molecular flexibility index (Phi) is 4.60. The number of benzene rings is 4. The Morgan fingerprint density at radius 1 is 0.600 bits per heavy atom. The highest BCUT2D eigenvalue weighted by Crippen LogP contribution is 2.43. The summed E-state index contributed by atoms with van der Waals surface area (Å²) in [6.07, 6.45) is 3.72. The highest BCUT2D eigenvalue weighted by molar-refractivity contribution is 8.25. The summed E-state index contributed by atoms with van der Waals surface area (Å²) in [5.41, 5.74) is 4.18. The minimum Gasteiger partial charge on any atom is -0.292 e. The molecule has 3 nitrogen and oxygen atoms in total. The normalized spacial score (nSPS) is 13.5. The number of rotatable bonds is 3. The van der Waals surface area contributed by atoms with Gasteiger partial charge < -0.3 is 0 Å². The van der Waals surface area contributed by atoms with E-state index >= 15 is 0 Å². The first-order valence-electron chi connectivity index (χ1n) is 11.5. The molecule has 1 atom stereocenters. The maximum atomic E-state index is 6.54. The molecule has 7 rings (SSSR count). The maximum absolute atomic E-state index is 6.54. The van der Waals surface area contributed by atoms with Gasteiger partial charge in [0.25, 0.3) is 0 Å². The van der Waals surface area contributed by atoms with Crippen LogP contribution in [0.4, 0.5) is 0 Å². The summed E-state index contributed by atoms with van der Waals surface area (Å²) in [6, 6.07) is 35.9. The lowest BCUT2D eigenvalue weighted by molar-refractivity contribution is 1.31. The molecule has 5 heteroatoms. The molecule has 0 N–H and O–H groups in total. The smallest absolute Gasteiger partial charge is 0.146 e. The SMILES string of the molecule is S=P(c1ccccc1)(c1cccnc1)c1ccc2c(c1)nc1c3ccccc3c3ccccc3n21. The largest absolute Gasteiger partial charge is 0.292 e. The van der Waals surface area contributed by atoms with Crippen LogP contribution in [0.15, 0.2) is 122 Å². The standard InChI is InChI=1S/C30H20N3PS/c35-34(21-9-2-1-3-10-21,23-11-8-18-31-20-23)22-16-17-29-27(19-22)32-30-26-14-5-4-12-24(26)25-13-6-7-15-28(25)33(29)30/h1-20H. The first-order chi connectivity index (χ1) is 17.2. The molecule has 3 heterocycles. The first kappa shape index (κ1) is 20.5. The van der Waals surface area contributed by atoms with Crippen molar-refractivity contribution in [1.82, 2.24) is 14.4 Å². The molecule has 1 unspecified atom stereocenters.